The molecule has 7 heteroatoms. The zero-order valence-electron chi connectivity index (χ0n) is 10.2. The van der Waals surface area contributed by atoms with Gasteiger partial charge in [0, 0.05) is 5.69 Å². The number of aromatic nitrogens is 4. The molecule has 3 aromatic rings. The number of aryl methyl sites for hydroxylation is 1. The van der Waals surface area contributed by atoms with Crippen molar-refractivity contribution in [1.82, 2.24) is 19.9 Å². The fourth-order valence-electron chi connectivity index (χ4n) is 1.82. The van der Waals surface area contributed by atoms with E-state index in [9.17, 15) is 4.79 Å². The molecule has 0 bridgehead atoms. The van der Waals surface area contributed by atoms with Gasteiger partial charge in [-0.25, -0.2) is 0 Å². The monoisotopic (exact) mass is 256 g/mol. The van der Waals surface area contributed by atoms with E-state index in [4.69, 9.17) is 5.73 Å². The van der Waals surface area contributed by atoms with Crippen LogP contribution in [0.4, 0.5) is 17.6 Å². The van der Waals surface area contributed by atoms with Gasteiger partial charge in [0.1, 0.15) is 0 Å². The van der Waals surface area contributed by atoms with Crippen molar-refractivity contribution in [1.29, 1.82) is 0 Å². The summed E-state index contributed by atoms with van der Waals surface area (Å²) in [5.74, 6) is 0.499. The van der Waals surface area contributed by atoms with E-state index in [1.165, 1.54) is 0 Å². The lowest BCUT2D eigenvalue weighted by Gasteiger charge is -2.05. The lowest BCUT2D eigenvalue weighted by Crippen LogP contribution is -2.10. The number of nitrogens with zero attached hydrogens (tertiary/aromatic N) is 2. The normalized spacial score (nSPS) is 10.8. The highest BCUT2D eigenvalue weighted by Crippen LogP contribution is 2.18. The van der Waals surface area contributed by atoms with E-state index in [-0.39, 0.29) is 17.2 Å². The fourth-order valence-corrected chi connectivity index (χ4v) is 1.82. The maximum Gasteiger partial charge on any atom is 0.278 e. The SMILES string of the molecule is Cc1ccccc1Nc1nc2nc(N)[nH]c(=O)c2[nH]1. The zero-order chi connectivity index (χ0) is 13.4. The number of H-pyrrole nitrogens is 2. The molecule has 0 fully saturated rings. The van der Waals surface area contributed by atoms with Gasteiger partial charge in [-0.1, -0.05) is 18.2 Å². The number of imidazole rings is 1. The molecular formula is C12H12N6O. The zero-order valence-corrected chi connectivity index (χ0v) is 10.2. The number of para-hydroxylation sites is 1. The maximum absolute atomic E-state index is 11.7. The van der Waals surface area contributed by atoms with Crippen LogP contribution in [0.15, 0.2) is 29.1 Å². The number of nitrogen functional groups attached to an aromatic ring is 1. The molecule has 96 valence electrons. The maximum atomic E-state index is 11.7. The van der Waals surface area contributed by atoms with Gasteiger partial charge in [-0.2, -0.15) is 9.97 Å². The predicted octanol–water partition coefficient (Wildman–Crippen LogP) is 1.28. The van der Waals surface area contributed by atoms with Crippen molar-refractivity contribution >= 4 is 28.7 Å². The molecule has 0 aliphatic rings. The molecule has 0 radical (unpaired) electrons. The Labute approximate surface area is 107 Å². The van der Waals surface area contributed by atoms with Crippen LogP contribution in [0.1, 0.15) is 5.56 Å². The third-order valence-corrected chi connectivity index (χ3v) is 2.78. The van der Waals surface area contributed by atoms with Crippen LogP contribution >= 0.6 is 0 Å². The highest BCUT2D eigenvalue weighted by Gasteiger charge is 2.09. The van der Waals surface area contributed by atoms with Gasteiger partial charge in [0.05, 0.1) is 0 Å². The second-order valence-electron chi connectivity index (χ2n) is 4.18. The average molecular weight is 256 g/mol. The second-order valence-corrected chi connectivity index (χ2v) is 4.18. The summed E-state index contributed by atoms with van der Waals surface area (Å²) in [7, 11) is 0. The summed E-state index contributed by atoms with van der Waals surface area (Å²) < 4.78 is 0. The lowest BCUT2D eigenvalue weighted by atomic mass is 10.2. The number of rotatable bonds is 2. The first-order chi connectivity index (χ1) is 9.13. The van der Waals surface area contributed by atoms with Crippen LogP contribution < -0.4 is 16.6 Å². The lowest BCUT2D eigenvalue weighted by molar-refractivity contribution is 1.17. The van der Waals surface area contributed by atoms with Gasteiger partial charge in [-0.15, -0.1) is 0 Å². The summed E-state index contributed by atoms with van der Waals surface area (Å²) in [4.78, 5) is 25.1. The largest absolute Gasteiger partial charge is 0.369 e. The molecule has 0 atom stereocenters. The highest BCUT2D eigenvalue weighted by atomic mass is 16.1. The molecule has 0 saturated carbocycles. The number of fused-ring (bicyclic) bond motifs is 1. The van der Waals surface area contributed by atoms with Gasteiger partial charge in [-0.3, -0.25) is 9.78 Å². The molecule has 0 spiro atoms. The molecule has 2 heterocycles. The van der Waals surface area contributed by atoms with Crippen molar-refractivity contribution < 1.29 is 0 Å². The summed E-state index contributed by atoms with van der Waals surface area (Å²) in [6, 6.07) is 7.77. The Kier molecular flexibility index (Phi) is 2.45. The summed E-state index contributed by atoms with van der Waals surface area (Å²) in [5, 5.41) is 3.11. The van der Waals surface area contributed by atoms with E-state index in [0.717, 1.165) is 11.3 Å². The minimum Gasteiger partial charge on any atom is -0.369 e. The van der Waals surface area contributed by atoms with Crippen LogP contribution in [-0.2, 0) is 0 Å². The summed E-state index contributed by atoms with van der Waals surface area (Å²) in [6.45, 7) is 1.98. The number of aromatic amines is 2. The van der Waals surface area contributed by atoms with E-state index in [0.29, 0.717) is 11.5 Å². The van der Waals surface area contributed by atoms with E-state index in [1.54, 1.807) is 0 Å². The van der Waals surface area contributed by atoms with Gasteiger partial charge < -0.3 is 16.0 Å². The smallest absolute Gasteiger partial charge is 0.278 e. The van der Waals surface area contributed by atoms with Crippen molar-refractivity contribution in [2.45, 2.75) is 6.92 Å². The van der Waals surface area contributed by atoms with Crippen molar-refractivity contribution in [3.8, 4) is 0 Å². The standard InChI is InChI=1S/C12H12N6O/c1-6-4-2-3-5-7(6)14-12-15-8-9(17-12)16-11(13)18-10(8)19/h2-5H,1H3,(H5,13,14,15,16,17,18,19). The van der Waals surface area contributed by atoms with Gasteiger partial charge in [0.2, 0.25) is 11.9 Å². The Hall–Kier alpha value is -2.83. The quantitative estimate of drug-likeness (QED) is 0.551. The first-order valence-electron chi connectivity index (χ1n) is 5.71. The first-order valence-corrected chi connectivity index (χ1v) is 5.71. The molecule has 0 amide bonds. The molecule has 3 rings (SSSR count). The number of hydrogen-bond donors (Lipinski definition) is 4. The number of hydrogen-bond acceptors (Lipinski definition) is 5. The van der Waals surface area contributed by atoms with Crippen molar-refractivity contribution in [3.05, 3.63) is 40.2 Å². The predicted molar refractivity (Wildman–Crippen MR) is 73.4 cm³/mol. The Morgan fingerprint density at radius 1 is 1.21 bits per heavy atom. The highest BCUT2D eigenvalue weighted by molar-refractivity contribution is 5.74. The number of anilines is 3. The molecule has 0 aliphatic heterocycles. The van der Waals surface area contributed by atoms with Crippen LogP contribution in [0.2, 0.25) is 0 Å². The fraction of sp³-hybridized carbons (Fsp3) is 0.0833. The molecule has 0 saturated heterocycles. The Bertz CT molecular complexity index is 803. The van der Waals surface area contributed by atoms with Crippen molar-refractivity contribution in [2.24, 2.45) is 0 Å². The van der Waals surface area contributed by atoms with Gasteiger partial charge >= 0.3 is 0 Å². The molecule has 2 aromatic heterocycles. The minimum atomic E-state index is -0.340. The molecule has 7 nitrogen and oxygen atoms in total. The number of nitrogens with one attached hydrogen (secondary N) is 3. The second kappa shape index (κ2) is 4.13. The summed E-state index contributed by atoms with van der Waals surface area (Å²) in [5.41, 5.74) is 7.70. The van der Waals surface area contributed by atoms with Crippen molar-refractivity contribution in [3.63, 3.8) is 0 Å². The first kappa shape index (κ1) is 11.3. The summed E-state index contributed by atoms with van der Waals surface area (Å²) in [6.07, 6.45) is 0. The van der Waals surface area contributed by atoms with Crippen LogP contribution in [0.3, 0.4) is 0 Å². The molecule has 0 unspecified atom stereocenters. The molecule has 1 aromatic carbocycles. The topological polar surface area (TPSA) is 112 Å². The van der Waals surface area contributed by atoms with Gasteiger partial charge in [0.15, 0.2) is 11.2 Å². The van der Waals surface area contributed by atoms with Crippen LogP contribution in [0.25, 0.3) is 11.2 Å². The van der Waals surface area contributed by atoms with E-state index in [2.05, 4.69) is 25.3 Å². The number of nitrogens with two attached hydrogens (primary N) is 1. The van der Waals surface area contributed by atoms with E-state index < -0.39 is 0 Å². The number of benzene rings is 1. The van der Waals surface area contributed by atoms with Gasteiger partial charge in [-0.05, 0) is 18.6 Å². The summed E-state index contributed by atoms with van der Waals surface area (Å²) >= 11 is 0. The van der Waals surface area contributed by atoms with E-state index in [1.807, 2.05) is 31.2 Å². The Morgan fingerprint density at radius 2 is 2.00 bits per heavy atom. The van der Waals surface area contributed by atoms with Crippen LogP contribution in [-0.4, -0.2) is 19.9 Å². The molecule has 19 heavy (non-hydrogen) atoms. The molecular weight excluding hydrogens is 244 g/mol. The van der Waals surface area contributed by atoms with Gasteiger partial charge in [0.25, 0.3) is 5.56 Å². The average Bonchev–Trinajstić information content (AvgIpc) is 2.75. The molecule has 5 N–H and O–H groups in total. The third kappa shape index (κ3) is 2.01. The van der Waals surface area contributed by atoms with E-state index >= 15 is 0 Å². The Morgan fingerprint density at radius 3 is 2.79 bits per heavy atom. The van der Waals surface area contributed by atoms with Crippen LogP contribution in [0.5, 0.6) is 0 Å². The van der Waals surface area contributed by atoms with Crippen LogP contribution in [0, 0.1) is 6.92 Å². The Balaban J connectivity index is 2.05. The minimum absolute atomic E-state index is 0.0476. The molecule has 0 aliphatic carbocycles. The third-order valence-electron chi connectivity index (χ3n) is 2.78. The van der Waals surface area contributed by atoms with Crippen molar-refractivity contribution in [2.75, 3.05) is 11.1 Å².